The smallest absolute Gasteiger partial charge is 0.159 e. The van der Waals surface area contributed by atoms with Gasteiger partial charge in [-0.1, -0.05) is 19.9 Å². The highest BCUT2D eigenvalue weighted by Gasteiger charge is 2.10. The van der Waals surface area contributed by atoms with Gasteiger partial charge in [-0.05, 0) is 63.3 Å². The Morgan fingerprint density at radius 2 is 1.86 bits per heavy atom. The molecule has 0 aromatic heterocycles. The van der Waals surface area contributed by atoms with Crippen LogP contribution >= 0.6 is 0 Å². The SMILES string of the molecule is CCN(CC)CCCNCCC(O)c1ccc(F)c(F)c1. The van der Waals surface area contributed by atoms with Gasteiger partial charge in [0.15, 0.2) is 11.6 Å². The Morgan fingerprint density at radius 1 is 1.14 bits per heavy atom. The molecule has 0 aliphatic carbocycles. The summed E-state index contributed by atoms with van der Waals surface area (Å²) in [6.07, 6.45) is 0.773. The largest absolute Gasteiger partial charge is 0.388 e. The highest BCUT2D eigenvalue weighted by Crippen LogP contribution is 2.18. The van der Waals surface area contributed by atoms with E-state index >= 15 is 0 Å². The Bertz CT molecular complexity index is 411. The second kappa shape index (κ2) is 9.82. The van der Waals surface area contributed by atoms with E-state index in [-0.39, 0.29) is 0 Å². The van der Waals surface area contributed by atoms with E-state index in [1.165, 1.54) is 6.07 Å². The summed E-state index contributed by atoms with van der Waals surface area (Å²) in [7, 11) is 0. The van der Waals surface area contributed by atoms with Crippen molar-refractivity contribution in [3.63, 3.8) is 0 Å². The molecule has 0 saturated heterocycles. The molecular formula is C16H26F2N2O. The lowest BCUT2D eigenvalue weighted by Crippen LogP contribution is -2.27. The minimum absolute atomic E-state index is 0.416. The van der Waals surface area contributed by atoms with E-state index in [0.717, 1.165) is 44.7 Å². The van der Waals surface area contributed by atoms with E-state index < -0.39 is 17.7 Å². The van der Waals surface area contributed by atoms with Gasteiger partial charge in [0.1, 0.15) is 0 Å². The van der Waals surface area contributed by atoms with Gasteiger partial charge in [-0.3, -0.25) is 0 Å². The van der Waals surface area contributed by atoms with E-state index in [0.29, 0.717) is 18.5 Å². The second-order valence-electron chi connectivity index (χ2n) is 5.11. The van der Waals surface area contributed by atoms with Crippen LogP contribution in [0.1, 0.15) is 38.4 Å². The fourth-order valence-corrected chi connectivity index (χ4v) is 2.22. The predicted molar refractivity (Wildman–Crippen MR) is 81.2 cm³/mol. The molecular weight excluding hydrogens is 274 g/mol. The third-order valence-electron chi connectivity index (χ3n) is 3.65. The topological polar surface area (TPSA) is 35.5 Å². The van der Waals surface area contributed by atoms with E-state index in [9.17, 15) is 13.9 Å². The number of nitrogens with zero attached hydrogens (tertiary/aromatic N) is 1. The molecule has 120 valence electrons. The van der Waals surface area contributed by atoms with Crippen molar-refractivity contribution in [2.75, 3.05) is 32.7 Å². The van der Waals surface area contributed by atoms with E-state index in [1.54, 1.807) is 0 Å². The number of nitrogens with one attached hydrogen (secondary N) is 1. The standard InChI is InChI=1S/C16H26F2N2O/c1-3-20(4-2)11-5-9-19-10-8-16(21)13-6-7-14(17)15(18)12-13/h6-7,12,16,19,21H,3-5,8-11H2,1-2H3. The van der Waals surface area contributed by atoms with E-state index in [2.05, 4.69) is 24.1 Å². The summed E-state index contributed by atoms with van der Waals surface area (Å²) in [6, 6.07) is 3.52. The molecule has 5 heteroatoms. The van der Waals surface area contributed by atoms with Gasteiger partial charge in [-0.15, -0.1) is 0 Å². The van der Waals surface area contributed by atoms with Crippen LogP contribution in [0.2, 0.25) is 0 Å². The monoisotopic (exact) mass is 300 g/mol. The number of aliphatic hydroxyl groups excluding tert-OH is 1. The van der Waals surface area contributed by atoms with Gasteiger partial charge in [-0.25, -0.2) is 8.78 Å². The molecule has 2 N–H and O–H groups in total. The third kappa shape index (κ3) is 6.50. The Kier molecular flexibility index (Phi) is 8.42. The van der Waals surface area contributed by atoms with Crippen molar-refractivity contribution < 1.29 is 13.9 Å². The average molecular weight is 300 g/mol. The summed E-state index contributed by atoms with van der Waals surface area (Å²) >= 11 is 0. The molecule has 0 spiro atoms. The highest BCUT2D eigenvalue weighted by atomic mass is 19.2. The van der Waals surface area contributed by atoms with Gasteiger partial charge >= 0.3 is 0 Å². The van der Waals surface area contributed by atoms with Crippen molar-refractivity contribution in [1.82, 2.24) is 10.2 Å². The van der Waals surface area contributed by atoms with Crippen LogP contribution < -0.4 is 5.32 Å². The molecule has 0 fully saturated rings. The summed E-state index contributed by atoms with van der Waals surface area (Å²) in [5, 5.41) is 13.2. The maximum atomic E-state index is 13.1. The molecule has 1 unspecified atom stereocenters. The fraction of sp³-hybridized carbons (Fsp3) is 0.625. The molecule has 0 aliphatic heterocycles. The zero-order chi connectivity index (χ0) is 15.7. The molecule has 1 rings (SSSR count). The lowest BCUT2D eigenvalue weighted by molar-refractivity contribution is 0.166. The lowest BCUT2D eigenvalue weighted by Gasteiger charge is -2.18. The first-order valence-electron chi connectivity index (χ1n) is 7.64. The Morgan fingerprint density at radius 3 is 2.48 bits per heavy atom. The normalized spacial score (nSPS) is 12.9. The van der Waals surface area contributed by atoms with E-state index in [4.69, 9.17) is 0 Å². The first-order valence-corrected chi connectivity index (χ1v) is 7.64. The average Bonchev–Trinajstić information content (AvgIpc) is 2.49. The maximum Gasteiger partial charge on any atom is 0.159 e. The van der Waals surface area contributed by atoms with Crippen LogP contribution in [0.4, 0.5) is 8.78 Å². The molecule has 0 aliphatic rings. The van der Waals surface area contributed by atoms with Crippen LogP contribution in [-0.2, 0) is 0 Å². The van der Waals surface area contributed by atoms with Gasteiger partial charge in [0.2, 0.25) is 0 Å². The summed E-state index contributed by atoms with van der Waals surface area (Å²) in [5.41, 5.74) is 0.416. The molecule has 0 bridgehead atoms. The van der Waals surface area contributed by atoms with Gasteiger partial charge in [0, 0.05) is 0 Å². The van der Waals surface area contributed by atoms with Crippen LogP contribution in [0.15, 0.2) is 18.2 Å². The third-order valence-corrected chi connectivity index (χ3v) is 3.65. The number of hydrogen-bond donors (Lipinski definition) is 2. The molecule has 0 saturated carbocycles. The first-order chi connectivity index (χ1) is 10.1. The van der Waals surface area contributed by atoms with E-state index in [1.807, 2.05) is 0 Å². The van der Waals surface area contributed by atoms with Gasteiger partial charge in [0.05, 0.1) is 6.10 Å². The van der Waals surface area contributed by atoms with Gasteiger partial charge in [-0.2, -0.15) is 0 Å². The highest BCUT2D eigenvalue weighted by molar-refractivity contribution is 5.19. The molecule has 1 aromatic rings. The van der Waals surface area contributed by atoms with Crippen molar-refractivity contribution in [3.8, 4) is 0 Å². The molecule has 0 amide bonds. The zero-order valence-electron chi connectivity index (χ0n) is 12.9. The molecule has 3 nitrogen and oxygen atoms in total. The molecule has 1 atom stereocenters. The van der Waals surface area contributed by atoms with Crippen LogP contribution in [0.5, 0.6) is 0 Å². The van der Waals surface area contributed by atoms with Crippen LogP contribution in [0.3, 0.4) is 0 Å². The Hall–Kier alpha value is -1.04. The van der Waals surface area contributed by atoms with Crippen LogP contribution in [0.25, 0.3) is 0 Å². The summed E-state index contributed by atoms with van der Waals surface area (Å²) in [6.45, 7) is 9.02. The predicted octanol–water partition coefficient (Wildman–Crippen LogP) is 2.71. The van der Waals surface area contributed by atoms with Crippen molar-refractivity contribution in [1.29, 1.82) is 0 Å². The Labute approximate surface area is 126 Å². The van der Waals surface area contributed by atoms with Crippen LogP contribution in [0, 0.1) is 11.6 Å². The zero-order valence-corrected chi connectivity index (χ0v) is 12.9. The lowest BCUT2D eigenvalue weighted by atomic mass is 10.1. The Balaban J connectivity index is 2.18. The van der Waals surface area contributed by atoms with Gasteiger partial charge in [0.25, 0.3) is 0 Å². The number of aliphatic hydroxyl groups is 1. The molecule has 1 aromatic carbocycles. The minimum atomic E-state index is -0.918. The summed E-state index contributed by atoms with van der Waals surface area (Å²) in [5.74, 6) is -1.81. The molecule has 0 radical (unpaired) electrons. The molecule has 21 heavy (non-hydrogen) atoms. The second-order valence-corrected chi connectivity index (χ2v) is 5.11. The van der Waals surface area contributed by atoms with Gasteiger partial charge < -0.3 is 15.3 Å². The van der Waals surface area contributed by atoms with Crippen molar-refractivity contribution in [3.05, 3.63) is 35.4 Å². The fourth-order valence-electron chi connectivity index (χ4n) is 2.22. The number of rotatable bonds is 10. The number of halogens is 2. The quantitative estimate of drug-likeness (QED) is 0.652. The number of benzene rings is 1. The summed E-state index contributed by atoms with van der Waals surface area (Å²) < 4.78 is 25.9. The van der Waals surface area contributed by atoms with Crippen molar-refractivity contribution in [2.45, 2.75) is 32.8 Å². The maximum absolute atomic E-state index is 13.1. The van der Waals surface area contributed by atoms with Crippen molar-refractivity contribution >= 4 is 0 Å². The first kappa shape index (κ1) is 18.0. The van der Waals surface area contributed by atoms with Crippen molar-refractivity contribution in [2.24, 2.45) is 0 Å². The number of hydrogen-bond acceptors (Lipinski definition) is 3. The minimum Gasteiger partial charge on any atom is -0.388 e. The summed E-state index contributed by atoms with van der Waals surface area (Å²) in [4.78, 5) is 2.36. The molecule has 0 heterocycles. The van der Waals surface area contributed by atoms with Crippen LogP contribution in [-0.4, -0.2) is 42.7 Å².